The van der Waals surface area contributed by atoms with Crippen molar-refractivity contribution in [3.05, 3.63) is 42.5 Å². The van der Waals surface area contributed by atoms with Crippen LogP contribution < -0.4 is 0 Å². The highest BCUT2D eigenvalue weighted by Crippen LogP contribution is 2.45. The van der Waals surface area contributed by atoms with Gasteiger partial charge in [-0.15, -0.1) is 16.9 Å². The predicted molar refractivity (Wildman–Crippen MR) is 136 cm³/mol. The highest BCUT2D eigenvalue weighted by Gasteiger charge is 2.19. The molecule has 0 fully saturated rings. The maximum atomic E-state index is 10.5. The largest absolute Gasteiger partial charge is 0.507 e. The third kappa shape index (κ3) is 7.96. The van der Waals surface area contributed by atoms with Crippen molar-refractivity contribution in [2.45, 2.75) is 86.1 Å². The molecule has 0 aliphatic rings. The maximum Gasteiger partial charge on any atom is 0.219 e. The Morgan fingerprint density at radius 1 is 0.758 bits per heavy atom. The van der Waals surface area contributed by atoms with Gasteiger partial charge in [-0.25, -0.2) is 0 Å². The van der Waals surface area contributed by atoms with E-state index < -0.39 is 0 Å². The minimum Gasteiger partial charge on any atom is -0.507 e. The van der Waals surface area contributed by atoms with Crippen LogP contribution in [-0.4, -0.2) is 36.2 Å². The minimum atomic E-state index is 0.117. The summed E-state index contributed by atoms with van der Waals surface area (Å²) in [4.78, 5) is 1.26. The molecule has 178 valence electrons. The van der Waals surface area contributed by atoms with Crippen LogP contribution in [0.2, 0.25) is 0 Å². The Morgan fingerprint density at radius 2 is 1.36 bits per heavy atom. The molecule has 1 aromatic heterocycles. The number of para-hydroxylation sites is 1. The molecule has 0 amide bonds. The summed E-state index contributed by atoms with van der Waals surface area (Å²) < 4.78 is 1.63. The van der Waals surface area contributed by atoms with Gasteiger partial charge in [-0.05, 0) is 58.6 Å². The number of rotatable bonds is 15. The average Bonchev–Trinajstić information content (AvgIpc) is 3.30. The second-order valence-electron chi connectivity index (χ2n) is 8.10. The molecule has 0 aliphatic carbocycles. The monoisotopic (exact) mass is 486 g/mol. The molecule has 0 unspecified atom stereocenters. The van der Waals surface area contributed by atoms with E-state index in [1.54, 1.807) is 22.5 Å². The molecule has 6 nitrogen and oxygen atoms in total. The number of thioether (sulfide) groups is 1. The molecular weight excluding hydrogens is 452 g/mol. The Kier molecular flexibility index (Phi) is 10.9. The van der Waals surface area contributed by atoms with Crippen LogP contribution in [0.1, 0.15) is 71.1 Å². The number of hydrogen-bond donors (Lipinski definition) is 2. The average molecular weight is 487 g/mol. The van der Waals surface area contributed by atoms with Crippen LogP contribution in [0.5, 0.6) is 11.5 Å². The van der Waals surface area contributed by atoms with Gasteiger partial charge in [0.1, 0.15) is 11.5 Å². The van der Waals surface area contributed by atoms with Crippen LogP contribution in [-0.2, 0) is 0 Å². The molecule has 1 heterocycles. The van der Waals surface area contributed by atoms with Crippen molar-refractivity contribution in [3.8, 4) is 17.2 Å². The summed E-state index contributed by atoms with van der Waals surface area (Å²) in [5.74, 6) is 1.18. The molecule has 0 aliphatic heterocycles. The van der Waals surface area contributed by atoms with E-state index in [2.05, 4.69) is 22.4 Å². The van der Waals surface area contributed by atoms with E-state index in [9.17, 15) is 10.2 Å². The minimum absolute atomic E-state index is 0.117. The molecule has 33 heavy (non-hydrogen) atoms. The molecule has 8 heteroatoms. The third-order valence-electron chi connectivity index (χ3n) is 5.45. The van der Waals surface area contributed by atoms with Gasteiger partial charge in [-0.1, -0.05) is 82.9 Å². The van der Waals surface area contributed by atoms with Crippen molar-refractivity contribution in [1.29, 1.82) is 0 Å². The molecule has 3 aromatic rings. The Bertz CT molecular complexity index is 966. The molecule has 0 radical (unpaired) electrons. The second kappa shape index (κ2) is 14.2. The standard InChI is InChI=1S/C25H34N4O2S2/c1-2-3-4-5-6-7-8-9-10-14-19-32-23-21(30)17-18-22(31)24(23)33-25-26-27-28-29(25)20-15-12-11-13-16-20/h11-13,15-18,30-31H,2-10,14,19H2,1H3. The smallest absolute Gasteiger partial charge is 0.219 e. The summed E-state index contributed by atoms with van der Waals surface area (Å²) in [6, 6.07) is 12.7. The first kappa shape index (κ1) is 25.4. The predicted octanol–water partition coefficient (Wildman–Crippen LogP) is 7.24. The number of nitrogens with zero attached hydrogens (tertiary/aromatic N) is 4. The fourth-order valence-corrected chi connectivity index (χ4v) is 5.77. The van der Waals surface area contributed by atoms with Gasteiger partial charge >= 0.3 is 0 Å². The van der Waals surface area contributed by atoms with Gasteiger partial charge in [0, 0.05) is 0 Å². The van der Waals surface area contributed by atoms with Gasteiger partial charge in [0.05, 0.1) is 15.5 Å². The summed E-state index contributed by atoms with van der Waals surface area (Å²) in [5, 5.41) is 33.6. The van der Waals surface area contributed by atoms with Crippen molar-refractivity contribution >= 4 is 23.5 Å². The fraction of sp³-hybridized carbons (Fsp3) is 0.480. The zero-order valence-electron chi connectivity index (χ0n) is 19.3. The highest BCUT2D eigenvalue weighted by atomic mass is 32.2. The van der Waals surface area contributed by atoms with Gasteiger partial charge in [0.25, 0.3) is 0 Å². The number of unbranched alkanes of at least 4 members (excludes halogenated alkanes) is 9. The summed E-state index contributed by atoms with van der Waals surface area (Å²) in [6.45, 7) is 2.25. The summed E-state index contributed by atoms with van der Waals surface area (Å²) in [6.07, 6.45) is 12.9. The first-order chi connectivity index (χ1) is 16.2. The number of aromatic hydroxyl groups is 2. The van der Waals surface area contributed by atoms with E-state index >= 15 is 0 Å². The Morgan fingerprint density at radius 3 is 2.03 bits per heavy atom. The van der Waals surface area contributed by atoms with Crippen molar-refractivity contribution in [3.63, 3.8) is 0 Å². The van der Waals surface area contributed by atoms with Crippen LogP contribution in [0.25, 0.3) is 5.69 Å². The van der Waals surface area contributed by atoms with E-state index in [1.807, 2.05) is 30.3 Å². The lowest BCUT2D eigenvalue weighted by molar-refractivity contribution is 0.435. The van der Waals surface area contributed by atoms with E-state index in [1.165, 1.54) is 75.6 Å². The number of tetrazole rings is 1. The molecule has 0 saturated carbocycles. The lowest BCUT2D eigenvalue weighted by atomic mass is 10.1. The van der Waals surface area contributed by atoms with Gasteiger partial charge in [0.15, 0.2) is 0 Å². The van der Waals surface area contributed by atoms with Crippen LogP contribution in [0, 0.1) is 0 Å². The van der Waals surface area contributed by atoms with Crippen LogP contribution in [0.3, 0.4) is 0 Å². The van der Waals surface area contributed by atoms with E-state index in [-0.39, 0.29) is 11.5 Å². The van der Waals surface area contributed by atoms with Crippen LogP contribution in [0.15, 0.2) is 57.4 Å². The molecular formula is C25H34N4O2S2. The molecule has 2 aromatic carbocycles. The van der Waals surface area contributed by atoms with Crippen molar-refractivity contribution < 1.29 is 10.2 Å². The number of phenols is 2. The lowest BCUT2D eigenvalue weighted by Crippen LogP contribution is -1.98. The van der Waals surface area contributed by atoms with Gasteiger partial charge in [-0.3, -0.25) is 0 Å². The molecule has 0 bridgehead atoms. The maximum absolute atomic E-state index is 10.5. The number of aromatic nitrogens is 4. The van der Waals surface area contributed by atoms with Crippen molar-refractivity contribution in [1.82, 2.24) is 20.2 Å². The van der Waals surface area contributed by atoms with Crippen LogP contribution >= 0.6 is 23.5 Å². The number of phenolic OH excluding ortho intramolecular Hbond substituents is 2. The quantitative estimate of drug-likeness (QED) is 0.133. The summed E-state index contributed by atoms with van der Waals surface area (Å²) in [5.41, 5.74) is 0.837. The van der Waals surface area contributed by atoms with E-state index in [0.717, 1.165) is 17.9 Å². The lowest BCUT2D eigenvalue weighted by Gasteiger charge is -2.12. The zero-order chi connectivity index (χ0) is 23.3. The molecule has 0 saturated heterocycles. The highest BCUT2D eigenvalue weighted by molar-refractivity contribution is 8.02. The van der Waals surface area contributed by atoms with Gasteiger partial charge in [-0.2, -0.15) is 4.68 Å². The number of hydrogen-bond acceptors (Lipinski definition) is 7. The van der Waals surface area contributed by atoms with Crippen LogP contribution in [0.4, 0.5) is 0 Å². The normalized spacial score (nSPS) is 11.2. The molecule has 3 rings (SSSR count). The molecule has 0 atom stereocenters. The van der Waals surface area contributed by atoms with Crippen molar-refractivity contribution in [2.24, 2.45) is 0 Å². The Balaban J connectivity index is 1.52. The van der Waals surface area contributed by atoms with Crippen molar-refractivity contribution in [2.75, 3.05) is 5.75 Å². The van der Waals surface area contributed by atoms with E-state index in [4.69, 9.17) is 0 Å². The Labute approximate surface area is 205 Å². The molecule has 2 N–H and O–H groups in total. The van der Waals surface area contributed by atoms with Gasteiger partial charge < -0.3 is 10.2 Å². The molecule has 0 spiro atoms. The third-order valence-corrected chi connectivity index (χ3v) is 7.83. The summed E-state index contributed by atoms with van der Waals surface area (Å²) >= 11 is 2.84. The Hall–Kier alpha value is -2.19. The first-order valence-electron chi connectivity index (χ1n) is 11.9. The van der Waals surface area contributed by atoms with E-state index in [0.29, 0.717) is 14.9 Å². The first-order valence-corrected chi connectivity index (χ1v) is 13.7. The fourth-order valence-electron chi connectivity index (χ4n) is 3.61. The topological polar surface area (TPSA) is 84.1 Å². The second-order valence-corrected chi connectivity index (χ2v) is 10.2. The number of benzene rings is 2. The SMILES string of the molecule is CCCCCCCCCCCCSc1c(O)ccc(O)c1Sc1nnnn1-c1ccccc1. The zero-order valence-corrected chi connectivity index (χ0v) is 21.0. The van der Waals surface area contributed by atoms with Gasteiger partial charge in [0.2, 0.25) is 5.16 Å². The summed E-state index contributed by atoms with van der Waals surface area (Å²) in [7, 11) is 0.